The number of carbonyl (C=O) groups is 5. The SMILES string of the molecule is CC(C)=O.CC(C)=O.CNC(C)=O.COC(C)=O.CSC(C)=O. The Bertz CT molecular complexity index is 290. The summed E-state index contributed by atoms with van der Waals surface area (Å²) < 4.78 is 4.11. The van der Waals surface area contributed by atoms with Crippen LogP contribution in [0, 0.1) is 0 Å². The summed E-state index contributed by atoms with van der Waals surface area (Å²) in [5, 5.41) is 2.56. The second-order valence-electron chi connectivity index (χ2n) is 4.01. The summed E-state index contributed by atoms with van der Waals surface area (Å²) in [6, 6.07) is 0. The number of amides is 1. The van der Waals surface area contributed by atoms with Gasteiger partial charge in [0, 0.05) is 27.8 Å². The lowest BCUT2D eigenvalue weighted by Crippen LogP contribution is -2.11. The fourth-order valence-corrected chi connectivity index (χ4v) is 0. The summed E-state index contributed by atoms with van der Waals surface area (Å²) in [4.78, 5) is 48.0. The highest BCUT2D eigenvalue weighted by atomic mass is 32.2. The van der Waals surface area contributed by atoms with E-state index in [4.69, 9.17) is 0 Å². The number of methoxy groups -OCH3 is 1. The smallest absolute Gasteiger partial charge is 0.302 e. The van der Waals surface area contributed by atoms with Crippen LogP contribution in [0.2, 0.25) is 0 Å². The number of rotatable bonds is 0. The summed E-state index contributed by atoms with van der Waals surface area (Å²) in [7, 11) is 2.95. The van der Waals surface area contributed by atoms with Crippen molar-refractivity contribution in [3.63, 3.8) is 0 Å². The molecule has 0 rings (SSSR count). The van der Waals surface area contributed by atoms with Crippen LogP contribution in [0.5, 0.6) is 0 Å². The van der Waals surface area contributed by atoms with Crippen molar-refractivity contribution in [2.75, 3.05) is 20.4 Å². The standard InChI is InChI=1S/C3H7NO.C3H6O2.C3H6OS.2C3H6O/c1-3(5)4-2;2*1-3(4)5-2;2*1-3(2)4/h1-2H3,(H,4,5);2*1-2H3;2*1-2H3. The van der Waals surface area contributed by atoms with Gasteiger partial charge in [-0.1, -0.05) is 11.8 Å². The second-order valence-corrected chi connectivity index (χ2v) is 5.00. The van der Waals surface area contributed by atoms with Crippen molar-refractivity contribution >= 4 is 40.3 Å². The number of ketones is 2. The van der Waals surface area contributed by atoms with Gasteiger partial charge < -0.3 is 19.6 Å². The number of nitrogens with one attached hydrogen (secondary N) is 1. The molecule has 23 heavy (non-hydrogen) atoms. The topological polar surface area (TPSA) is 107 Å². The molecule has 0 fully saturated rings. The van der Waals surface area contributed by atoms with Gasteiger partial charge in [0.05, 0.1) is 7.11 Å². The van der Waals surface area contributed by atoms with Crippen LogP contribution < -0.4 is 5.32 Å². The fraction of sp³-hybridized carbons (Fsp3) is 0.667. The van der Waals surface area contributed by atoms with Crippen molar-refractivity contribution in [3.05, 3.63) is 0 Å². The first-order valence-electron chi connectivity index (χ1n) is 6.50. The van der Waals surface area contributed by atoms with Gasteiger partial charge in [0.1, 0.15) is 11.6 Å². The zero-order valence-electron chi connectivity index (χ0n) is 15.9. The van der Waals surface area contributed by atoms with E-state index in [1.54, 1.807) is 20.2 Å². The fourth-order valence-electron chi connectivity index (χ4n) is 0. The summed E-state index contributed by atoms with van der Waals surface area (Å²) in [5.41, 5.74) is 0. The van der Waals surface area contributed by atoms with Gasteiger partial charge in [-0.2, -0.15) is 0 Å². The first-order valence-corrected chi connectivity index (χ1v) is 7.72. The van der Waals surface area contributed by atoms with E-state index in [9.17, 15) is 24.0 Å². The first-order chi connectivity index (χ1) is 10.3. The number of hydrogen-bond donors (Lipinski definition) is 1. The molecule has 8 heteroatoms. The van der Waals surface area contributed by atoms with E-state index < -0.39 is 0 Å². The lowest BCUT2D eigenvalue weighted by molar-refractivity contribution is -0.138. The molecule has 7 nitrogen and oxygen atoms in total. The van der Waals surface area contributed by atoms with Crippen LogP contribution >= 0.6 is 11.8 Å². The van der Waals surface area contributed by atoms with Crippen molar-refractivity contribution in [3.8, 4) is 0 Å². The quantitative estimate of drug-likeness (QED) is 0.664. The average molecular weight is 353 g/mol. The normalized spacial score (nSPS) is 6.87. The molecule has 0 heterocycles. The minimum absolute atomic E-state index is 0.00463. The van der Waals surface area contributed by atoms with Gasteiger partial charge in [-0.3, -0.25) is 14.4 Å². The van der Waals surface area contributed by atoms with Crippen molar-refractivity contribution in [2.45, 2.75) is 48.5 Å². The number of Topliss-reactive ketones (excluding diaryl/α,β-unsaturated/α-hetero) is 2. The number of hydrogen-bond acceptors (Lipinski definition) is 7. The third kappa shape index (κ3) is 368. The van der Waals surface area contributed by atoms with E-state index in [1.807, 2.05) is 0 Å². The van der Waals surface area contributed by atoms with E-state index in [0.29, 0.717) is 0 Å². The molecule has 0 aliphatic carbocycles. The Balaban J connectivity index is -0.0000000589. The predicted molar refractivity (Wildman–Crippen MR) is 94.3 cm³/mol. The third-order valence-electron chi connectivity index (χ3n) is 0.927. The molecule has 0 bridgehead atoms. The van der Waals surface area contributed by atoms with Crippen LogP contribution in [-0.4, -0.2) is 49.0 Å². The Morgan fingerprint density at radius 1 is 0.783 bits per heavy atom. The monoisotopic (exact) mass is 353 g/mol. The zero-order chi connectivity index (χ0) is 20.0. The van der Waals surface area contributed by atoms with E-state index in [2.05, 4.69) is 10.1 Å². The van der Waals surface area contributed by atoms with Crippen LogP contribution in [0.4, 0.5) is 0 Å². The van der Waals surface area contributed by atoms with Crippen LogP contribution in [0.1, 0.15) is 48.5 Å². The molecule has 0 unspecified atom stereocenters. The summed E-state index contributed by atoms with van der Waals surface area (Å²) in [5.74, 6) is 0.0926. The minimum Gasteiger partial charge on any atom is -0.469 e. The van der Waals surface area contributed by atoms with Crippen LogP contribution in [0.3, 0.4) is 0 Å². The number of ether oxygens (including phenoxy) is 1. The molecule has 0 aromatic rings. The lowest BCUT2D eigenvalue weighted by Gasteiger charge is -1.80. The number of carbonyl (C=O) groups excluding carboxylic acids is 5. The Hall–Kier alpha value is -1.70. The van der Waals surface area contributed by atoms with Crippen molar-refractivity contribution in [1.29, 1.82) is 0 Å². The molecule has 0 radical (unpaired) electrons. The maximum atomic E-state index is 9.78. The Morgan fingerprint density at radius 2 is 0.913 bits per heavy atom. The van der Waals surface area contributed by atoms with Crippen molar-refractivity contribution in [1.82, 2.24) is 5.32 Å². The van der Waals surface area contributed by atoms with Gasteiger partial charge in [-0.05, 0) is 34.0 Å². The van der Waals surface area contributed by atoms with Crippen LogP contribution in [-0.2, 0) is 28.7 Å². The van der Waals surface area contributed by atoms with Crippen molar-refractivity contribution in [2.24, 2.45) is 0 Å². The highest BCUT2D eigenvalue weighted by molar-refractivity contribution is 8.12. The lowest BCUT2D eigenvalue weighted by atomic mass is 10.6. The first kappa shape index (κ1) is 33.0. The van der Waals surface area contributed by atoms with Gasteiger partial charge >= 0.3 is 5.97 Å². The third-order valence-corrected chi connectivity index (χ3v) is 1.50. The summed E-state index contributed by atoms with van der Waals surface area (Å²) >= 11 is 1.24. The molecule has 0 saturated heterocycles. The largest absolute Gasteiger partial charge is 0.469 e. The second kappa shape index (κ2) is 28.5. The molecule has 0 aliphatic heterocycles. The van der Waals surface area contributed by atoms with E-state index in [1.165, 1.54) is 60.4 Å². The minimum atomic E-state index is -0.245. The molecule has 1 amide bonds. The molecule has 0 aromatic heterocycles. The van der Waals surface area contributed by atoms with E-state index in [-0.39, 0.29) is 28.6 Å². The maximum absolute atomic E-state index is 9.78. The average Bonchev–Trinajstić information content (AvgIpc) is 2.38. The summed E-state index contributed by atoms with van der Waals surface area (Å²) in [6.07, 6.45) is 1.77. The highest BCUT2D eigenvalue weighted by Crippen LogP contribution is 1.88. The van der Waals surface area contributed by atoms with Gasteiger partial charge in [0.15, 0.2) is 5.12 Å². The zero-order valence-corrected chi connectivity index (χ0v) is 16.7. The maximum Gasteiger partial charge on any atom is 0.302 e. The number of esters is 1. The molecule has 1 N–H and O–H groups in total. The Morgan fingerprint density at radius 3 is 0.913 bits per heavy atom. The predicted octanol–water partition coefficient (Wildman–Crippen LogP) is 2.02. The molecule has 0 spiro atoms. The van der Waals surface area contributed by atoms with Crippen LogP contribution in [0.25, 0.3) is 0 Å². The molecule has 0 aliphatic rings. The van der Waals surface area contributed by atoms with Gasteiger partial charge in [-0.25, -0.2) is 0 Å². The molecule has 0 saturated carbocycles. The summed E-state index contributed by atoms with van der Waals surface area (Å²) in [6.45, 7) is 10.5. The van der Waals surface area contributed by atoms with Gasteiger partial charge in [-0.15, -0.1) is 0 Å². The van der Waals surface area contributed by atoms with Crippen LogP contribution in [0.15, 0.2) is 0 Å². The number of thioether (sulfide) groups is 1. The van der Waals surface area contributed by atoms with Gasteiger partial charge in [0.25, 0.3) is 0 Å². The Kier molecular flexibility index (Phi) is 40.9. The molecular formula is C15H31NO6S. The molecule has 0 aromatic carbocycles. The highest BCUT2D eigenvalue weighted by Gasteiger charge is 1.77. The van der Waals surface area contributed by atoms with E-state index >= 15 is 0 Å². The van der Waals surface area contributed by atoms with E-state index in [0.717, 1.165) is 0 Å². The van der Waals surface area contributed by atoms with Crippen molar-refractivity contribution < 1.29 is 28.7 Å². The molecular weight excluding hydrogens is 322 g/mol. The Labute approximate surface area is 143 Å². The van der Waals surface area contributed by atoms with Gasteiger partial charge in [0.2, 0.25) is 5.91 Å². The molecule has 0 atom stereocenters. The molecule has 138 valence electrons.